The van der Waals surface area contributed by atoms with Crippen molar-refractivity contribution in [3.63, 3.8) is 0 Å². The van der Waals surface area contributed by atoms with Gasteiger partial charge in [-0.3, -0.25) is 0 Å². The van der Waals surface area contributed by atoms with Crippen LogP contribution in [-0.4, -0.2) is 12.8 Å². The average Bonchev–Trinajstić information content (AvgIpc) is 2.16. The second-order valence-electron chi connectivity index (χ2n) is 3.14. The Hall–Kier alpha value is -0.420. The van der Waals surface area contributed by atoms with Gasteiger partial charge in [0, 0.05) is 10.9 Å². The monoisotopic (exact) mass is 316 g/mol. The van der Waals surface area contributed by atoms with Gasteiger partial charge < -0.3 is 4.74 Å². The first kappa shape index (κ1) is 13.6. The molecule has 0 aromatic heterocycles. The van der Waals surface area contributed by atoms with Gasteiger partial charge in [-0.05, 0) is 24.6 Å². The number of hydrogen-bond acceptors (Lipinski definition) is 1. The van der Waals surface area contributed by atoms with Crippen LogP contribution in [0.25, 0.3) is 0 Å². The number of alkyl halides is 3. The molecule has 0 fully saturated rings. The van der Waals surface area contributed by atoms with E-state index >= 15 is 0 Å². The maximum absolute atomic E-state index is 11.8. The van der Waals surface area contributed by atoms with E-state index in [9.17, 15) is 13.2 Å². The molecule has 0 N–H and O–H groups in total. The molecule has 1 rings (SSSR count). The van der Waals surface area contributed by atoms with Crippen LogP contribution in [0.3, 0.4) is 0 Å². The lowest BCUT2D eigenvalue weighted by Crippen LogP contribution is -2.09. The summed E-state index contributed by atoms with van der Waals surface area (Å²) in [5.74, 6) is 0.387. The summed E-state index contributed by atoms with van der Waals surface area (Å²) in [7, 11) is 0. The Morgan fingerprint density at radius 2 is 2.00 bits per heavy atom. The van der Waals surface area contributed by atoms with E-state index in [0.717, 1.165) is 4.47 Å². The Bertz CT molecular complexity index is 354. The van der Waals surface area contributed by atoms with Crippen LogP contribution in [0.15, 0.2) is 22.7 Å². The Kier molecular flexibility index (Phi) is 4.92. The molecule has 1 aromatic rings. The molecule has 0 heterocycles. The van der Waals surface area contributed by atoms with Gasteiger partial charge in [0.15, 0.2) is 0 Å². The highest BCUT2D eigenvalue weighted by molar-refractivity contribution is 9.10. The standard InChI is InChI=1S/C10H9BrClF3O/c11-7-2-3-8(12)9(6-7)16-5-1-4-10(13,14)15/h2-3,6H,1,4-5H2. The van der Waals surface area contributed by atoms with Crippen molar-refractivity contribution in [1.29, 1.82) is 0 Å². The molecule has 1 aromatic carbocycles. The van der Waals surface area contributed by atoms with Crippen molar-refractivity contribution in [3.05, 3.63) is 27.7 Å². The van der Waals surface area contributed by atoms with Gasteiger partial charge in [0.2, 0.25) is 0 Å². The normalized spacial score (nSPS) is 11.6. The van der Waals surface area contributed by atoms with E-state index in [4.69, 9.17) is 16.3 Å². The van der Waals surface area contributed by atoms with Gasteiger partial charge in [-0.15, -0.1) is 0 Å². The third-order valence-electron chi connectivity index (χ3n) is 1.76. The van der Waals surface area contributed by atoms with Gasteiger partial charge in [0.25, 0.3) is 0 Å². The summed E-state index contributed by atoms with van der Waals surface area (Å²) >= 11 is 9.02. The Balaban J connectivity index is 2.40. The van der Waals surface area contributed by atoms with Gasteiger partial charge in [0.1, 0.15) is 5.75 Å². The second kappa shape index (κ2) is 5.77. The fourth-order valence-electron chi connectivity index (χ4n) is 1.04. The molecule has 0 aliphatic heterocycles. The largest absolute Gasteiger partial charge is 0.492 e. The molecule has 1 nitrogen and oxygen atoms in total. The van der Waals surface area contributed by atoms with E-state index in [1.807, 2.05) is 0 Å². The van der Waals surface area contributed by atoms with Crippen LogP contribution in [0.4, 0.5) is 13.2 Å². The zero-order valence-corrected chi connectivity index (χ0v) is 10.5. The lowest BCUT2D eigenvalue weighted by Gasteiger charge is -2.09. The van der Waals surface area contributed by atoms with Gasteiger partial charge in [0.05, 0.1) is 11.6 Å². The quantitative estimate of drug-likeness (QED) is 0.723. The molecule has 0 saturated heterocycles. The van der Waals surface area contributed by atoms with Crippen molar-refractivity contribution in [3.8, 4) is 5.75 Å². The predicted molar refractivity (Wildman–Crippen MR) is 59.9 cm³/mol. The summed E-state index contributed by atoms with van der Waals surface area (Å²) in [4.78, 5) is 0. The predicted octanol–water partition coefficient (Wildman–Crippen LogP) is 4.82. The highest BCUT2D eigenvalue weighted by Gasteiger charge is 2.26. The SMILES string of the molecule is FC(F)(F)CCCOc1cc(Br)ccc1Cl. The maximum Gasteiger partial charge on any atom is 0.389 e. The molecule has 0 atom stereocenters. The van der Waals surface area contributed by atoms with Crippen LogP contribution >= 0.6 is 27.5 Å². The van der Waals surface area contributed by atoms with E-state index < -0.39 is 12.6 Å². The first-order valence-electron chi connectivity index (χ1n) is 4.53. The minimum atomic E-state index is -4.13. The number of halogens is 5. The van der Waals surface area contributed by atoms with Gasteiger partial charge >= 0.3 is 6.18 Å². The average molecular weight is 318 g/mol. The van der Waals surface area contributed by atoms with Gasteiger partial charge in [-0.25, -0.2) is 0 Å². The molecule has 0 spiro atoms. The molecule has 0 aliphatic rings. The fourth-order valence-corrected chi connectivity index (χ4v) is 1.55. The summed E-state index contributed by atoms with van der Waals surface area (Å²) in [6.45, 7) is -0.00428. The fraction of sp³-hybridized carbons (Fsp3) is 0.400. The van der Waals surface area contributed by atoms with Crippen molar-refractivity contribution in [2.45, 2.75) is 19.0 Å². The molecule has 6 heteroatoms. The van der Waals surface area contributed by atoms with Crippen LogP contribution in [-0.2, 0) is 0 Å². The van der Waals surface area contributed by atoms with Crippen LogP contribution in [0, 0.1) is 0 Å². The van der Waals surface area contributed by atoms with Crippen LogP contribution in [0.2, 0.25) is 5.02 Å². The molecular weight excluding hydrogens is 308 g/mol. The smallest absolute Gasteiger partial charge is 0.389 e. The van der Waals surface area contributed by atoms with Crippen molar-refractivity contribution in [2.24, 2.45) is 0 Å². The zero-order valence-electron chi connectivity index (χ0n) is 8.15. The molecule has 0 unspecified atom stereocenters. The zero-order chi connectivity index (χ0) is 12.2. The van der Waals surface area contributed by atoms with Crippen LogP contribution in [0.1, 0.15) is 12.8 Å². The van der Waals surface area contributed by atoms with E-state index in [2.05, 4.69) is 15.9 Å². The molecular formula is C10H9BrClF3O. The highest BCUT2D eigenvalue weighted by Crippen LogP contribution is 2.28. The summed E-state index contributed by atoms with van der Waals surface area (Å²) in [5.41, 5.74) is 0. The molecule has 16 heavy (non-hydrogen) atoms. The van der Waals surface area contributed by atoms with Crippen molar-refractivity contribution >= 4 is 27.5 Å². The summed E-state index contributed by atoms with van der Waals surface area (Å²) in [6.07, 6.45) is -5.06. The second-order valence-corrected chi connectivity index (χ2v) is 4.46. The lowest BCUT2D eigenvalue weighted by atomic mass is 10.3. The molecule has 0 saturated carbocycles. The van der Waals surface area contributed by atoms with Crippen LogP contribution < -0.4 is 4.74 Å². The Morgan fingerprint density at radius 3 is 2.62 bits per heavy atom. The minimum Gasteiger partial charge on any atom is -0.492 e. The Morgan fingerprint density at radius 1 is 1.31 bits per heavy atom. The van der Waals surface area contributed by atoms with Gasteiger partial charge in [-0.1, -0.05) is 27.5 Å². The van der Waals surface area contributed by atoms with Crippen molar-refractivity contribution in [2.75, 3.05) is 6.61 Å². The number of benzene rings is 1. The molecule has 0 aliphatic carbocycles. The topological polar surface area (TPSA) is 9.23 Å². The number of rotatable bonds is 4. The van der Waals surface area contributed by atoms with E-state index in [1.165, 1.54) is 0 Å². The minimum absolute atomic E-state index is 0.00428. The lowest BCUT2D eigenvalue weighted by molar-refractivity contribution is -0.136. The summed E-state index contributed by atoms with van der Waals surface area (Å²) in [6, 6.07) is 4.96. The van der Waals surface area contributed by atoms with Crippen molar-refractivity contribution < 1.29 is 17.9 Å². The molecule has 0 bridgehead atoms. The highest BCUT2D eigenvalue weighted by atomic mass is 79.9. The third kappa shape index (κ3) is 5.07. The molecule has 90 valence electrons. The van der Waals surface area contributed by atoms with Crippen LogP contribution in [0.5, 0.6) is 5.75 Å². The van der Waals surface area contributed by atoms with Gasteiger partial charge in [-0.2, -0.15) is 13.2 Å². The van der Waals surface area contributed by atoms with E-state index in [-0.39, 0.29) is 13.0 Å². The first-order valence-corrected chi connectivity index (χ1v) is 5.70. The Labute approximate surface area is 105 Å². The number of ether oxygens (including phenoxy) is 1. The summed E-state index contributed by atoms with van der Waals surface area (Å²) in [5, 5.41) is 0.384. The van der Waals surface area contributed by atoms with E-state index in [0.29, 0.717) is 10.8 Å². The number of hydrogen-bond donors (Lipinski definition) is 0. The summed E-state index contributed by atoms with van der Waals surface area (Å²) < 4.78 is 41.4. The van der Waals surface area contributed by atoms with E-state index in [1.54, 1.807) is 18.2 Å². The third-order valence-corrected chi connectivity index (χ3v) is 2.56. The first-order chi connectivity index (χ1) is 7.38. The van der Waals surface area contributed by atoms with Crippen molar-refractivity contribution in [1.82, 2.24) is 0 Å². The maximum atomic E-state index is 11.8. The molecule has 0 amide bonds. The molecule has 0 radical (unpaired) electrons.